The summed E-state index contributed by atoms with van der Waals surface area (Å²) in [6.45, 7) is 4.56. The number of aliphatic hydroxyl groups excluding tert-OH is 1. The third-order valence-corrected chi connectivity index (χ3v) is 7.62. The van der Waals surface area contributed by atoms with E-state index >= 15 is 0 Å². The van der Waals surface area contributed by atoms with Crippen molar-refractivity contribution in [1.82, 2.24) is 14.9 Å². The molecule has 11 heteroatoms. The van der Waals surface area contributed by atoms with Gasteiger partial charge in [0.1, 0.15) is 11.0 Å². The minimum Gasteiger partial charge on any atom is -0.401 e. The Morgan fingerprint density at radius 1 is 1.35 bits per heavy atom. The number of carbonyl (C=O) groups is 1. The quantitative estimate of drug-likeness (QED) is 0.294. The lowest BCUT2D eigenvalue weighted by atomic mass is 10.0. The molecular formula is C23H34F2N5O2PS. The molecule has 0 bridgehead atoms. The van der Waals surface area contributed by atoms with Crippen molar-refractivity contribution in [3.8, 4) is 0 Å². The van der Waals surface area contributed by atoms with Gasteiger partial charge in [0.25, 0.3) is 5.66 Å². The van der Waals surface area contributed by atoms with Crippen LogP contribution in [0, 0.1) is 11.8 Å². The maximum atomic E-state index is 13.7. The highest BCUT2D eigenvalue weighted by molar-refractivity contribution is 7.19. The van der Waals surface area contributed by atoms with Crippen LogP contribution in [0.2, 0.25) is 0 Å². The molecule has 1 aromatic heterocycles. The van der Waals surface area contributed by atoms with Crippen molar-refractivity contribution in [2.45, 2.75) is 57.3 Å². The summed E-state index contributed by atoms with van der Waals surface area (Å²) in [4.78, 5) is 20.1. The molecule has 1 saturated heterocycles. The van der Waals surface area contributed by atoms with Crippen molar-refractivity contribution in [2.75, 3.05) is 13.7 Å². The number of hydrazine groups is 1. The number of nitrogens with two attached hydrogens (primary N) is 2. The smallest absolute Gasteiger partial charge is 0.283 e. The van der Waals surface area contributed by atoms with E-state index in [1.165, 1.54) is 28.5 Å². The summed E-state index contributed by atoms with van der Waals surface area (Å²) in [6.07, 6.45) is 5.47. The number of nitrogens with zero attached hydrogens (tertiary/aromatic N) is 3. The molecule has 1 aromatic carbocycles. The zero-order valence-electron chi connectivity index (χ0n) is 19.7. The zero-order chi connectivity index (χ0) is 25.2. The van der Waals surface area contributed by atoms with Gasteiger partial charge in [0, 0.05) is 37.0 Å². The van der Waals surface area contributed by atoms with Crippen LogP contribution < -0.4 is 11.6 Å². The lowest BCUT2D eigenvalue weighted by Gasteiger charge is -2.34. The molecule has 1 saturated carbocycles. The lowest BCUT2D eigenvalue weighted by molar-refractivity contribution is -0.138. The highest BCUT2D eigenvalue weighted by Gasteiger charge is 2.39. The fourth-order valence-electron chi connectivity index (χ4n) is 4.28. The SMILES string of the molecule is CC(C)C(C(=O)N1CCCC1c1nc2ccc(C(F)(F)P)cc2s1)N(N)/C=C(\N)C1CC1.CO. The van der Waals surface area contributed by atoms with Gasteiger partial charge in [-0.25, -0.2) is 10.8 Å². The Morgan fingerprint density at radius 2 is 2.03 bits per heavy atom. The summed E-state index contributed by atoms with van der Waals surface area (Å²) in [5.74, 6) is 6.60. The molecule has 0 radical (unpaired) electrons. The van der Waals surface area contributed by atoms with Gasteiger partial charge in [0.05, 0.1) is 16.3 Å². The molecule has 7 nitrogen and oxygen atoms in total. The standard InChI is InChI=1S/C22H30F2N5OPS.CH4O/c1-12(2)19(29(26)11-15(25)13-5-6-13)21(30)28-9-3-4-17(28)20-27-16-8-7-14(22(23,24)31)10-18(16)32-20;1-2/h7-8,10-13,17,19H,3-6,9,25-26,31H2,1-2H3;2H,1H3/b15-11-;. The van der Waals surface area contributed by atoms with Gasteiger partial charge in [0.15, 0.2) is 0 Å². The number of carbonyl (C=O) groups excluding carboxylic acids is 1. The number of hydrogen-bond acceptors (Lipinski definition) is 7. The van der Waals surface area contributed by atoms with E-state index in [2.05, 4.69) is 4.98 Å². The summed E-state index contributed by atoms with van der Waals surface area (Å²) in [7, 11) is 2.57. The van der Waals surface area contributed by atoms with Gasteiger partial charge in [-0.15, -0.1) is 11.3 Å². The maximum absolute atomic E-state index is 13.7. The first kappa shape index (κ1) is 26.7. The lowest BCUT2D eigenvalue weighted by Crippen LogP contribution is -2.52. The van der Waals surface area contributed by atoms with E-state index in [0.29, 0.717) is 22.7 Å². The number of benzene rings is 1. The number of aliphatic hydroxyl groups is 1. The normalized spacial score (nSPS) is 19.9. The van der Waals surface area contributed by atoms with Gasteiger partial charge in [-0.3, -0.25) is 4.79 Å². The Morgan fingerprint density at radius 3 is 2.62 bits per heavy atom. The van der Waals surface area contributed by atoms with Gasteiger partial charge in [0.2, 0.25) is 5.91 Å². The molecule has 3 unspecified atom stereocenters. The van der Waals surface area contributed by atoms with Crippen molar-refractivity contribution in [3.63, 3.8) is 0 Å². The molecule has 1 amide bonds. The van der Waals surface area contributed by atoms with Crippen molar-refractivity contribution in [3.05, 3.63) is 40.7 Å². The number of fused-ring (bicyclic) bond motifs is 1. The minimum atomic E-state index is -2.99. The Kier molecular flexibility index (Phi) is 8.50. The topological polar surface area (TPSA) is 109 Å². The van der Waals surface area contributed by atoms with Crippen LogP contribution in [0.15, 0.2) is 30.1 Å². The van der Waals surface area contributed by atoms with E-state index in [1.807, 2.05) is 18.7 Å². The molecule has 1 aliphatic carbocycles. The largest absolute Gasteiger partial charge is 0.401 e. The van der Waals surface area contributed by atoms with Crippen LogP contribution >= 0.6 is 20.6 Å². The highest BCUT2D eigenvalue weighted by atomic mass is 32.1. The summed E-state index contributed by atoms with van der Waals surface area (Å²) in [5, 5.41) is 9.23. The monoisotopic (exact) mass is 513 g/mol. The average Bonchev–Trinajstić information content (AvgIpc) is 3.36. The molecule has 1 aliphatic heterocycles. The van der Waals surface area contributed by atoms with Crippen LogP contribution in [0.4, 0.5) is 8.78 Å². The molecule has 2 fully saturated rings. The van der Waals surface area contributed by atoms with Crippen LogP contribution in [0.3, 0.4) is 0 Å². The van der Waals surface area contributed by atoms with Crippen LogP contribution in [0.5, 0.6) is 0 Å². The average molecular weight is 514 g/mol. The van der Waals surface area contributed by atoms with E-state index in [1.54, 1.807) is 21.5 Å². The first-order chi connectivity index (χ1) is 16.1. The minimum absolute atomic E-state index is 0.0146. The number of alkyl halides is 2. The number of thiazole rings is 1. The number of allylic oxidation sites excluding steroid dienone is 1. The summed E-state index contributed by atoms with van der Waals surface area (Å²) in [5.41, 5.74) is 4.46. The molecule has 188 valence electrons. The number of aromatic nitrogens is 1. The van der Waals surface area contributed by atoms with Crippen LogP contribution in [0.25, 0.3) is 10.2 Å². The van der Waals surface area contributed by atoms with Crippen molar-refractivity contribution < 1.29 is 18.7 Å². The predicted octanol–water partition coefficient (Wildman–Crippen LogP) is 3.90. The van der Waals surface area contributed by atoms with Crippen molar-refractivity contribution in [1.29, 1.82) is 0 Å². The molecule has 34 heavy (non-hydrogen) atoms. The molecule has 2 aromatic rings. The number of halogens is 2. The van der Waals surface area contributed by atoms with Crippen LogP contribution in [-0.4, -0.2) is 45.6 Å². The van der Waals surface area contributed by atoms with Gasteiger partial charge in [-0.2, -0.15) is 8.78 Å². The van der Waals surface area contributed by atoms with Gasteiger partial charge < -0.3 is 20.7 Å². The summed E-state index contributed by atoms with van der Waals surface area (Å²) in [6, 6.07) is 3.78. The molecule has 0 spiro atoms. The predicted molar refractivity (Wildman–Crippen MR) is 135 cm³/mol. The second kappa shape index (κ2) is 10.8. The summed E-state index contributed by atoms with van der Waals surface area (Å²) < 4.78 is 28.1. The second-order valence-electron chi connectivity index (χ2n) is 9.09. The molecule has 2 heterocycles. The molecular weight excluding hydrogens is 479 g/mol. The Balaban J connectivity index is 0.00000158. The van der Waals surface area contributed by atoms with Gasteiger partial charge in [-0.05, 0) is 43.7 Å². The summed E-state index contributed by atoms with van der Waals surface area (Å²) >= 11 is 1.37. The van der Waals surface area contributed by atoms with E-state index in [-0.39, 0.29) is 23.4 Å². The first-order valence-corrected chi connectivity index (χ1v) is 12.8. The van der Waals surface area contributed by atoms with E-state index in [4.69, 9.17) is 16.7 Å². The molecule has 2 aliphatic rings. The Labute approximate surface area is 205 Å². The zero-order valence-corrected chi connectivity index (χ0v) is 21.7. The van der Waals surface area contributed by atoms with Crippen molar-refractivity contribution in [2.24, 2.45) is 23.4 Å². The van der Waals surface area contributed by atoms with Crippen LogP contribution in [-0.2, 0) is 10.5 Å². The molecule has 4 rings (SSSR count). The Bertz CT molecular complexity index is 1040. The van der Waals surface area contributed by atoms with Gasteiger partial charge in [-0.1, -0.05) is 29.2 Å². The molecule has 5 N–H and O–H groups in total. The number of likely N-dealkylation sites (tertiary alicyclic amines) is 1. The third-order valence-electron chi connectivity index (χ3n) is 6.16. The Hall–Kier alpha value is -1.87. The maximum Gasteiger partial charge on any atom is 0.283 e. The fraction of sp³-hybridized carbons (Fsp3) is 0.565. The second-order valence-corrected chi connectivity index (χ2v) is 10.9. The van der Waals surface area contributed by atoms with Gasteiger partial charge >= 0.3 is 0 Å². The third kappa shape index (κ3) is 5.85. The highest BCUT2D eigenvalue weighted by Crippen LogP contribution is 2.41. The van der Waals surface area contributed by atoms with E-state index in [9.17, 15) is 13.6 Å². The van der Waals surface area contributed by atoms with Crippen molar-refractivity contribution >= 4 is 36.7 Å². The van der Waals surface area contributed by atoms with Crippen LogP contribution in [0.1, 0.15) is 56.1 Å². The number of rotatable bonds is 7. The number of amides is 1. The van der Waals surface area contributed by atoms with E-state index < -0.39 is 11.7 Å². The molecule has 3 atom stereocenters. The number of hydrogen-bond donors (Lipinski definition) is 3. The first-order valence-electron chi connectivity index (χ1n) is 11.4. The van der Waals surface area contributed by atoms with E-state index in [0.717, 1.165) is 43.5 Å². The fourth-order valence-corrected chi connectivity index (χ4v) is 5.62.